The van der Waals surface area contributed by atoms with Crippen LogP contribution in [0.4, 0.5) is 10.1 Å². The van der Waals surface area contributed by atoms with Crippen molar-refractivity contribution in [3.63, 3.8) is 0 Å². The zero-order valence-electron chi connectivity index (χ0n) is 11.7. The van der Waals surface area contributed by atoms with Crippen molar-refractivity contribution in [3.8, 4) is 0 Å². The molecule has 0 unspecified atom stereocenters. The molecule has 0 aliphatic carbocycles. The lowest BCUT2D eigenvalue weighted by Gasteiger charge is -2.20. The Hall–Kier alpha value is -2.34. The summed E-state index contributed by atoms with van der Waals surface area (Å²) in [5, 5.41) is 10.6. The number of hydrogen-bond donors (Lipinski definition) is 0. The third-order valence-corrected chi connectivity index (χ3v) is 3.22. The standard InChI is InChI=1S/C15H16FN3O2/c1-2-18(10-12-5-7-17-8-6-12)11-13-3-4-15(19(20)21)14(16)9-13/h3-9H,2,10-11H2,1H3. The normalized spacial score (nSPS) is 10.8. The van der Waals surface area contributed by atoms with Crippen LogP contribution in [0.15, 0.2) is 42.7 Å². The predicted octanol–water partition coefficient (Wildman–Crippen LogP) is 3.15. The number of nitro benzene ring substituents is 1. The summed E-state index contributed by atoms with van der Waals surface area (Å²) in [5.41, 5.74) is 1.35. The second kappa shape index (κ2) is 6.90. The fraction of sp³-hybridized carbons (Fsp3) is 0.267. The van der Waals surface area contributed by atoms with Gasteiger partial charge in [-0.3, -0.25) is 20.0 Å². The van der Waals surface area contributed by atoms with Crippen LogP contribution in [0.3, 0.4) is 0 Å². The van der Waals surface area contributed by atoms with Gasteiger partial charge in [0.25, 0.3) is 0 Å². The van der Waals surface area contributed by atoms with Gasteiger partial charge in [-0.15, -0.1) is 0 Å². The maximum atomic E-state index is 13.6. The quantitative estimate of drug-likeness (QED) is 0.605. The molecule has 0 saturated heterocycles. The van der Waals surface area contributed by atoms with Gasteiger partial charge in [0.2, 0.25) is 5.82 Å². The molecule has 0 aliphatic heterocycles. The maximum Gasteiger partial charge on any atom is 0.304 e. The van der Waals surface area contributed by atoms with Gasteiger partial charge in [0.05, 0.1) is 4.92 Å². The molecule has 1 aromatic heterocycles. The summed E-state index contributed by atoms with van der Waals surface area (Å²) < 4.78 is 13.6. The number of halogens is 1. The summed E-state index contributed by atoms with van der Waals surface area (Å²) in [6, 6.07) is 7.90. The molecule has 0 fully saturated rings. The number of rotatable bonds is 6. The van der Waals surface area contributed by atoms with Gasteiger partial charge < -0.3 is 0 Å². The summed E-state index contributed by atoms with van der Waals surface area (Å²) in [5.74, 6) is -0.794. The lowest BCUT2D eigenvalue weighted by atomic mass is 10.1. The highest BCUT2D eigenvalue weighted by atomic mass is 19.1. The molecule has 1 aromatic carbocycles. The molecule has 21 heavy (non-hydrogen) atoms. The smallest absolute Gasteiger partial charge is 0.295 e. The number of aromatic nitrogens is 1. The first kappa shape index (κ1) is 15.1. The van der Waals surface area contributed by atoms with E-state index in [9.17, 15) is 14.5 Å². The van der Waals surface area contributed by atoms with Crippen LogP contribution in [0.5, 0.6) is 0 Å². The highest BCUT2D eigenvalue weighted by Crippen LogP contribution is 2.19. The van der Waals surface area contributed by atoms with Crippen molar-refractivity contribution < 1.29 is 9.31 Å². The maximum absolute atomic E-state index is 13.6. The number of nitrogens with zero attached hydrogens (tertiary/aromatic N) is 3. The zero-order chi connectivity index (χ0) is 15.2. The van der Waals surface area contributed by atoms with Crippen molar-refractivity contribution in [1.29, 1.82) is 0 Å². The van der Waals surface area contributed by atoms with E-state index in [4.69, 9.17) is 0 Å². The van der Waals surface area contributed by atoms with Crippen molar-refractivity contribution in [2.45, 2.75) is 20.0 Å². The van der Waals surface area contributed by atoms with Gasteiger partial charge in [0, 0.05) is 31.5 Å². The third kappa shape index (κ3) is 4.06. The molecule has 0 saturated carbocycles. The first-order valence-electron chi connectivity index (χ1n) is 6.64. The average molecular weight is 289 g/mol. The minimum absolute atomic E-state index is 0.490. The van der Waals surface area contributed by atoms with Gasteiger partial charge in [-0.05, 0) is 35.9 Å². The monoisotopic (exact) mass is 289 g/mol. The Bertz CT molecular complexity index is 620. The molecule has 1 heterocycles. The lowest BCUT2D eigenvalue weighted by Crippen LogP contribution is -2.22. The molecule has 0 N–H and O–H groups in total. The Balaban J connectivity index is 2.08. The Morgan fingerprint density at radius 1 is 1.19 bits per heavy atom. The van der Waals surface area contributed by atoms with E-state index < -0.39 is 16.4 Å². The van der Waals surface area contributed by atoms with Crippen LogP contribution in [-0.2, 0) is 13.1 Å². The van der Waals surface area contributed by atoms with Crippen LogP contribution in [-0.4, -0.2) is 21.4 Å². The van der Waals surface area contributed by atoms with Gasteiger partial charge in [-0.25, -0.2) is 0 Å². The van der Waals surface area contributed by atoms with Crippen LogP contribution in [0.25, 0.3) is 0 Å². The lowest BCUT2D eigenvalue weighted by molar-refractivity contribution is -0.387. The summed E-state index contributed by atoms with van der Waals surface area (Å²) in [7, 11) is 0. The first-order valence-corrected chi connectivity index (χ1v) is 6.64. The number of hydrogen-bond acceptors (Lipinski definition) is 4. The number of benzene rings is 1. The van der Waals surface area contributed by atoms with E-state index in [1.807, 2.05) is 19.1 Å². The first-order chi connectivity index (χ1) is 10.1. The molecule has 0 bridgehead atoms. The molecule has 6 heteroatoms. The fourth-order valence-corrected chi connectivity index (χ4v) is 2.08. The number of pyridine rings is 1. The van der Waals surface area contributed by atoms with Crippen molar-refractivity contribution in [2.75, 3.05) is 6.54 Å². The minimum Gasteiger partial charge on any atom is -0.295 e. The van der Waals surface area contributed by atoms with E-state index in [0.29, 0.717) is 12.1 Å². The average Bonchev–Trinajstić information content (AvgIpc) is 2.47. The van der Waals surface area contributed by atoms with Crippen molar-refractivity contribution in [1.82, 2.24) is 9.88 Å². The Morgan fingerprint density at radius 2 is 1.86 bits per heavy atom. The molecular weight excluding hydrogens is 273 g/mol. The van der Waals surface area contributed by atoms with Crippen molar-refractivity contribution >= 4 is 5.69 Å². The fourth-order valence-electron chi connectivity index (χ4n) is 2.08. The van der Waals surface area contributed by atoms with E-state index >= 15 is 0 Å². The topological polar surface area (TPSA) is 59.3 Å². The number of nitro groups is 1. The second-order valence-corrected chi connectivity index (χ2v) is 4.70. The van der Waals surface area contributed by atoms with E-state index in [1.165, 1.54) is 12.1 Å². The SMILES string of the molecule is CCN(Cc1ccncc1)Cc1ccc([N+](=O)[O-])c(F)c1. The highest BCUT2D eigenvalue weighted by molar-refractivity contribution is 5.35. The van der Waals surface area contributed by atoms with E-state index in [2.05, 4.69) is 9.88 Å². The van der Waals surface area contributed by atoms with E-state index in [-0.39, 0.29) is 0 Å². The van der Waals surface area contributed by atoms with Crippen LogP contribution in [0, 0.1) is 15.9 Å². The van der Waals surface area contributed by atoms with Gasteiger partial charge >= 0.3 is 5.69 Å². The van der Waals surface area contributed by atoms with Crippen molar-refractivity contribution in [2.24, 2.45) is 0 Å². The van der Waals surface area contributed by atoms with E-state index in [0.717, 1.165) is 18.7 Å². The molecule has 2 rings (SSSR count). The minimum atomic E-state index is -0.794. The van der Waals surface area contributed by atoms with Gasteiger partial charge in [0.1, 0.15) is 0 Å². The van der Waals surface area contributed by atoms with Crippen molar-refractivity contribution in [3.05, 3.63) is 69.8 Å². The Labute approximate surface area is 122 Å². The van der Waals surface area contributed by atoms with Gasteiger partial charge in [-0.1, -0.05) is 13.0 Å². The Morgan fingerprint density at radius 3 is 2.43 bits per heavy atom. The largest absolute Gasteiger partial charge is 0.304 e. The highest BCUT2D eigenvalue weighted by Gasteiger charge is 2.14. The molecule has 0 radical (unpaired) electrons. The molecule has 0 atom stereocenters. The summed E-state index contributed by atoms with van der Waals surface area (Å²) in [6.07, 6.45) is 3.46. The van der Waals surface area contributed by atoms with Crippen LogP contribution < -0.4 is 0 Å². The third-order valence-electron chi connectivity index (χ3n) is 3.22. The second-order valence-electron chi connectivity index (χ2n) is 4.70. The van der Waals surface area contributed by atoms with Gasteiger partial charge in [0.15, 0.2) is 0 Å². The zero-order valence-corrected chi connectivity index (χ0v) is 11.7. The molecule has 5 nitrogen and oxygen atoms in total. The molecule has 110 valence electrons. The molecular formula is C15H16FN3O2. The van der Waals surface area contributed by atoms with Crippen LogP contribution in [0.1, 0.15) is 18.1 Å². The molecule has 0 spiro atoms. The summed E-state index contributed by atoms with van der Waals surface area (Å²) in [6.45, 7) is 4.06. The molecule has 0 amide bonds. The molecule has 0 aliphatic rings. The van der Waals surface area contributed by atoms with Crippen LogP contribution >= 0.6 is 0 Å². The summed E-state index contributed by atoms with van der Waals surface area (Å²) >= 11 is 0. The van der Waals surface area contributed by atoms with E-state index in [1.54, 1.807) is 18.5 Å². The van der Waals surface area contributed by atoms with Crippen LogP contribution in [0.2, 0.25) is 0 Å². The predicted molar refractivity (Wildman–Crippen MR) is 77.1 cm³/mol. The summed E-state index contributed by atoms with van der Waals surface area (Å²) in [4.78, 5) is 16.0. The molecule has 2 aromatic rings. The Kier molecular flexibility index (Phi) is 4.94. The van der Waals surface area contributed by atoms with Gasteiger partial charge in [-0.2, -0.15) is 4.39 Å².